The highest BCUT2D eigenvalue weighted by Crippen LogP contribution is 2.24. The smallest absolute Gasteiger partial charge is 0.0434 e. The van der Waals surface area contributed by atoms with E-state index in [2.05, 4.69) is 17.1 Å². The van der Waals surface area contributed by atoms with E-state index in [1.165, 1.54) is 64.6 Å². The Morgan fingerprint density at radius 3 is 2.63 bits per heavy atom. The van der Waals surface area contributed by atoms with Gasteiger partial charge in [0.25, 0.3) is 0 Å². The highest BCUT2D eigenvalue weighted by atomic mass is 16.3. The van der Waals surface area contributed by atoms with E-state index in [1.54, 1.807) is 0 Å². The number of nitrogens with one attached hydrogen (secondary N) is 1. The van der Waals surface area contributed by atoms with Crippen LogP contribution in [0.25, 0.3) is 0 Å². The van der Waals surface area contributed by atoms with Crippen LogP contribution >= 0.6 is 0 Å². The Hall–Kier alpha value is -0.120. The van der Waals surface area contributed by atoms with E-state index in [4.69, 9.17) is 0 Å². The first-order valence-corrected chi connectivity index (χ1v) is 8.41. The van der Waals surface area contributed by atoms with Gasteiger partial charge in [0, 0.05) is 31.8 Å². The van der Waals surface area contributed by atoms with E-state index in [0.717, 1.165) is 12.5 Å². The molecule has 112 valence electrons. The van der Waals surface area contributed by atoms with Crippen molar-refractivity contribution in [1.29, 1.82) is 0 Å². The molecule has 1 saturated carbocycles. The number of aliphatic hydroxyl groups is 1. The Bertz CT molecular complexity index is 241. The molecule has 0 amide bonds. The maximum Gasteiger partial charge on any atom is 0.0434 e. The van der Waals surface area contributed by atoms with Gasteiger partial charge in [-0.2, -0.15) is 0 Å². The maximum absolute atomic E-state index is 9.21. The Morgan fingerprint density at radius 2 is 1.95 bits per heavy atom. The van der Waals surface area contributed by atoms with Crippen LogP contribution in [-0.2, 0) is 0 Å². The van der Waals surface area contributed by atoms with Gasteiger partial charge in [-0.1, -0.05) is 26.2 Å². The molecule has 2 atom stereocenters. The van der Waals surface area contributed by atoms with E-state index < -0.39 is 0 Å². The normalized spacial score (nSPS) is 30.0. The third kappa shape index (κ3) is 5.05. The quantitative estimate of drug-likeness (QED) is 0.744. The zero-order chi connectivity index (χ0) is 13.5. The minimum atomic E-state index is 0.350. The van der Waals surface area contributed by atoms with E-state index in [0.29, 0.717) is 18.6 Å². The van der Waals surface area contributed by atoms with Crippen molar-refractivity contribution in [1.82, 2.24) is 10.2 Å². The molecule has 2 rings (SSSR count). The van der Waals surface area contributed by atoms with Crippen molar-refractivity contribution in [2.24, 2.45) is 5.92 Å². The molecule has 0 aromatic heterocycles. The van der Waals surface area contributed by atoms with Crippen LogP contribution in [0, 0.1) is 5.92 Å². The lowest BCUT2D eigenvalue weighted by Crippen LogP contribution is -2.51. The predicted octanol–water partition coefficient (Wildman–Crippen LogP) is 2.39. The minimum Gasteiger partial charge on any atom is -0.396 e. The molecule has 0 spiro atoms. The van der Waals surface area contributed by atoms with Gasteiger partial charge in [-0.05, 0) is 44.6 Å². The second-order valence-corrected chi connectivity index (χ2v) is 6.57. The molecule has 2 N–H and O–H groups in total. The molecule has 1 heterocycles. The summed E-state index contributed by atoms with van der Waals surface area (Å²) in [5.41, 5.74) is 0. The van der Waals surface area contributed by atoms with Crippen molar-refractivity contribution in [2.45, 2.75) is 70.4 Å². The lowest BCUT2D eigenvalue weighted by molar-refractivity contribution is 0.115. The monoisotopic (exact) mass is 268 g/mol. The second kappa shape index (κ2) is 8.23. The van der Waals surface area contributed by atoms with E-state index in [1.807, 2.05) is 0 Å². The van der Waals surface area contributed by atoms with Gasteiger partial charge in [0.15, 0.2) is 0 Å². The van der Waals surface area contributed by atoms with Crippen molar-refractivity contribution in [3.63, 3.8) is 0 Å². The summed E-state index contributed by atoms with van der Waals surface area (Å²) in [6.45, 7) is 6.27. The third-order valence-electron chi connectivity index (χ3n) is 4.80. The first-order valence-electron chi connectivity index (χ1n) is 8.41. The maximum atomic E-state index is 9.21. The molecular formula is C16H32N2O. The summed E-state index contributed by atoms with van der Waals surface area (Å²) in [7, 11) is 0. The lowest BCUT2D eigenvalue weighted by atomic mass is 9.91. The molecule has 0 aromatic carbocycles. The number of hydrogen-bond acceptors (Lipinski definition) is 3. The lowest BCUT2D eigenvalue weighted by Gasteiger charge is -2.39. The average Bonchev–Trinajstić information content (AvgIpc) is 2.89. The van der Waals surface area contributed by atoms with Gasteiger partial charge in [-0.25, -0.2) is 0 Å². The molecule has 0 radical (unpaired) electrons. The molecule has 0 aromatic rings. The summed E-state index contributed by atoms with van der Waals surface area (Å²) in [5, 5.41) is 13.1. The van der Waals surface area contributed by atoms with Crippen molar-refractivity contribution >= 4 is 0 Å². The summed E-state index contributed by atoms with van der Waals surface area (Å²) >= 11 is 0. The van der Waals surface area contributed by atoms with Gasteiger partial charge >= 0.3 is 0 Å². The average molecular weight is 268 g/mol. The largest absolute Gasteiger partial charge is 0.396 e. The van der Waals surface area contributed by atoms with Crippen LogP contribution in [0.15, 0.2) is 0 Å². The molecule has 19 heavy (non-hydrogen) atoms. The fourth-order valence-electron chi connectivity index (χ4n) is 3.81. The Morgan fingerprint density at radius 1 is 1.16 bits per heavy atom. The molecule has 1 aliphatic heterocycles. The number of rotatable bonds is 7. The van der Waals surface area contributed by atoms with Gasteiger partial charge in [-0.3, -0.25) is 0 Å². The fourth-order valence-corrected chi connectivity index (χ4v) is 3.81. The van der Waals surface area contributed by atoms with Gasteiger partial charge in [0.2, 0.25) is 0 Å². The van der Waals surface area contributed by atoms with Gasteiger partial charge in [-0.15, -0.1) is 0 Å². The molecule has 2 fully saturated rings. The molecular weight excluding hydrogens is 236 g/mol. The van der Waals surface area contributed by atoms with Crippen molar-refractivity contribution in [3.8, 4) is 0 Å². The first-order chi connectivity index (χ1) is 9.31. The SMILES string of the molecule is CCCCN1CC(CCO)CC(NC2CCCC2)C1. The molecule has 3 nitrogen and oxygen atoms in total. The number of aliphatic hydroxyl groups excluding tert-OH is 1. The third-order valence-corrected chi connectivity index (χ3v) is 4.80. The van der Waals surface area contributed by atoms with E-state index >= 15 is 0 Å². The number of likely N-dealkylation sites (tertiary alicyclic amines) is 1. The summed E-state index contributed by atoms with van der Waals surface area (Å²) in [5.74, 6) is 0.689. The second-order valence-electron chi connectivity index (χ2n) is 6.57. The zero-order valence-corrected chi connectivity index (χ0v) is 12.6. The van der Waals surface area contributed by atoms with Crippen LogP contribution in [-0.4, -0.2) is 48.3 Å². The van der Waals surface area contributed by atoms with Crippen molar-refractivity contribution in [2.75, 3.05) is 26.2 Å². The van der Waals surface area contributed by atoms with Crippen LogP contribution in [0.4, 0.5) is 0 Å². The summed E-state index contributed by atoms with van der Waals surface area (Å²) in [6, 6.07) is 1.43. The summed E-state index contributed by atoms with van der Waals surface area (Å²) in [6.07, 6.45) is 10.4. The van der Waals surface area contributed by atoms with Crippen LogP contribution in [0.3, 0.4) is 0 Å². The highest BCUT2D eigenvalue weighted by Gasteiger charge is 2.28. The topological polar surface area (TPSA) is 35.5 Å². The van der Waals surface area contributed by atoms with Gasteiger partial charge in [0.05, 0.1) is 0 Å². The number of nitrogens with zero attached hydrogens (tertiary/aromatic N) is 1. The summed E-state index contributed by atoms with van der Waals surface area (Å²) < 4.78 is 0. The van der Waals surface area contributed by atoms with Gasteiger partial charge < -0.3 is 15.3 Å². The number of hydrogen-bond donors (Lipinski definition) is 2. The van der Waals surface area contributed by atoms with Crippen LogP contribution in [0.2, 0.25) is 0 Å². The summed E-state index contributed by atoms with van der Waals surface area (Å²) in [4.78, 5) is 2.62. The molecule has 1 aliphatic carbocycles. The molecule has 2 aliphatic rings. The molecule has 3 heteroatoms. The van der Waals surface area contributed by atoms with Crippen LogP contribution < -0.4 is 5.32 Å². The minimum absolute atomic E-state index is 0.350. The van der Waals surface area contributed by atoms with E-state index in [9.17, 15) is 5.11 Å². The standard InChI is InChI=1S/C16H32N2O/c1-2-3-9-18-12-14(8-10-19)11-16(13-18)17-15-6-4-5-7-15/h14-17,19H,2-13H2,1H3. The van der Waals surface area contributed by atoms with Gasteiger partial charge in [0.1, 0.15) is 0 Å². The Labute approximate surface area is 118 Å². The van der Waals surface area contributed by atoms with Crippen LogP contribution in [0.5, 0.6) is 0 Å². The number of piperidine rings is 1. The molecule has 2 unspecified atom stereocenters. The molecule has 0 bridgehead atoms. The van der Waals surface area contributed by atoms with E-state index in [-0.39, 0.29) is 0 Å². The Kier molecular flexibility index (Phi) is 6.62. The van der Waals surface area contributed by atoms with Crippen LogP contribution in [0.1, 0.15) is 58.3 Å². The number of unbranched alkanes of at least 4 members (excludes halogenated alkanes) is 1. The van der Waals surface area contributed by atoms with Crippen molar-refractivity contribution in [3.05, 3.63) is 0 Å². The fraction of sp³-hybridized carbons (Fsp3) is 1.00. The first kappa shape index (κ1) is 15.3. The zero-order valence-electron chi connectivity index (χ0n) is 12.6. The predicted molar refractivity (Wildman–Crippen MR) is 80.3 cm³/mol. The Balaban J connectivity index is 1.81. The highest BCUT2D eigenvalue weighted by molar-refractivity contribution is 4.87. The molecule has 1 saturated heterocycles. The van der Waals surface area contributed by atoms with Crippen molar-refractivity contribution < 1.29 is 5.11 Å².